The zero-order valence-corrected chi connectivity index (χ0v) is 18.2. The Hall–Kier alpha value is -0.880. The summed E-state index contributed by atoms with van der Waals surface area (Å²) in [5.74, 6) is 1.94. The van der Waals surface area contributed by atoms with E-state index in [2.05, 4.69) is 58.1 Å². The predicted molar refractivity (Wildman–Crippen MR) is 108 cm³/mol. The number of nitrogens with one attached hydrogen (secondary N) is 1. The number of fused-ring (bicyclic) bond motifs is 1. The van der Waals surface area contributed by atoms with Crippen LogP contribution in [0.1, 0.15) is 67.7 Å². The number of aliphatic imine (C=N–C) groups is 1. The summed E-state index contributed by atoms with van der Waals surface area (Å²) in [4.78, 5) is 7.50. The lowest BCUT2D eigenvalue weighted by Gasteiger charge is -2.40. The minimum absolute atomic E-state index is 0.0530. The van der Waals surface area contributed by atoms with Crippen molar-refractivity contribution in [3.63, 3.8) is 0 Å². The van der Waals surface area contributed by atoms with Gasteiger partial charge in [-0.15, -0.1) is 0 Å². The summed E-state index contributed by atoms with van der Waals surface area (Å²) in [5, 5.41) is -0.169. The van der Waals surface area contributed by atoms with Gasteiger partial charge in [0.1, 0.15) is 5.84 Å². The zero-order chi connectivity index (χ0) is 19.4. The van der Waals surface area contributed by atoms with Gasteiger partial charge < -0.3 is 4.90 Å². The van der Waals surface area contributed by atoms with Crippen molar-refractivity contribution in [2.24, 2.45) is 22.2 Å². The molecule has 0 bridgehead atoms. The molecule has 2 atom stereocenters. The van der Waals surface area contributed by atoms with Crippen molar-refractivity contribution in [3.05, 3.63) is 11.3 Å². The molecule has 0 radical (unpaired) electrons. The van der Waals surface area contributed by atoms with Crippen molar-refractivity contribution in [2.45, 2.75) is 85.1 Å². The predicted octanol–water partition coefficient (Wildman–Crippen LogP) is 3.54. The maximum atomic E-state index is 12.4. The Balaban J connectivity index is 1.97. The molecule has 3 rings (SSSR count). The van der Waals surface area contributed by atoms with Gasteiger partial charge in [-0.3, -0.25) is 4.99 Å². The van der Waals surface area contributed by atoms with Gasteiger partial charge in [-0.25, -0.2) is 13.1 Å². The van der Waals surface area contributed by atoms with Crippen molar-refractivity contribution in [1.82, 2.24) is 9.62 Å². The third-order valence-corrected chi connectivity index (χ3v) is 7.57. The molecule has 0 aromatic rings. The number of nitrogens with zero attached hydrogens (tertiary/aromatic N) is 2. The first kappa shape index (κ1) is 19.9. The Morgan fingerprint density at radius 2 is 1.77 bits per heavy atom. The number of hydrogen-bond donors (Lipinski definition) is 1. The molecule has 5 nitrogen and oxygen atoms in total. The highest BCUT2D eigenvalue weighted by atomic mass is 32.2. The average Bonchev–Trinajstić information content (AvgIpc) is 3.25. The van der Waals surface area contributed by atoms with Gasteiger partial charge in [0, 0.05) is 30.1 Å². The fourth-order valence-corrected chi connectivity index (χ4v) is 5.81. The van der Waals surface area contributed by atoms with E-state index in [1.165, 1.54) is 11.3 Å². The lowest BCUT2D eigenvalue weighted by Crippen LogP contribution is -2.45. The molecule has 6 heteroatoms. The van der Waals surface area contributed by atoms with Crippen LogP contribution in [0.15, 0.2) is 16.3 Å². The van der Waals surface area contributed by atoms with Crippen molar-refractivity contribution < 1.29 is 8.42 Å². The van der Waals surface area contributed by atoms with Crippen LogP contribution in [0.5, 0.6) is 0 Å². The molecule has 1 N–H and O–H groups in total. The van der Waals surface area contributed by atoms with E-state index in [1.54, 1.807) is 0 Å². The first-order valence-corrected chi connectivity index (χ1v) is 11.6. The molecule has 0 aromatic heterocycles. The van der Waals surface area contributed by atoms with Gasteiger partial charge in [-0.2, -0.15) is 0 Å². The van der Waals surface area contributed by atoms with E-state index in [0.717, 1.165) is 25.1 Å². The van der Waals surface area contributed by atoms with Crippen LogP contribution in [0.3, 0.4) is 0 Å². The largest absolute Gasteiger partial charge is 0.332 e. The van der Waals surface area contributed by atoms with E-state index in [4.69, 9.17) is 4.99 Å². The monoisotopic (exact) mass is 381 g/mol. The second-order valence-electron chi connectivity index (χ2n) is 9.82. The summed E-state index contributed by atoms with van der Waals surface area (Å²) in [6.45, 7) is 16.2. The Labute approximate surface area is 159 Å². The molecule has 0 amide bonds. The summed E-state index contributed by atoms with van der Waals surface area (Å²) >= 11 is 0. The van der Waals surface area contributed by atoms with Gasteiger partial charge in [0.15, 0.2) is 0 Å². The molecular weight excluding hydrogens is 346 g/mol. The van der Waals surface area contributed by atoms with Crippen LogP contribution < -0.4 is 4.72 Å². The van der Waals surface area contributed by atoms with E-state index < -0.39 is 10.0 Å². The van der Waals surface area contributed by atoms with Gasteiger partial charge in [0.2, 0.25) is 10.0 Å². The van der Waals surface area contributed by atoms with Crippen LogP contribution in [-0.2, 0) is 10.0 Å². The smallest absolute Gasteiger partial charge is 0.214 e. The highest BCUT2D eigenvalue weighted by molar-refractivity contribution is 7.90. The van der Waals surface area contributed by atoms with E-state index >= 15 is 0 Å². The molecule has 1 saturated carbocycles. The minimum Gasteiger partial charge on any atom is -0.332 e. The standard InChI is InChI=1S/C20H35N3O2S/c1-12(2)17-16-10-14(22-26(24,25)15-8-9-15)11-23(16)19(20(5,6)7)21-18(17)13(3)4/h12-15,18,22H,8-11H2,1-7H3/t14-,18-/m0/s1. The fraction of sp³-hybridized carbons (Fsp3) is 0.850. The quantitative estimate of drug-likeness (QED) is 0.792. The van der Waals surface area contributed by atoms with E-state index in [-0.39, 0.29) is 22.7 Å². The zero-order valence-electron chi connectivity index (χ0n) is 17.3. The van der Waals surface area contributed by atoms with E-state index in [9.17, 15) is 8.42 Å². The van der Waals surface area contributed by atoms with Gasteiger partial charge in [-0.05, 0) is 30.3 Å². The lowest BCUT2D eigenvalue weighted by atomic mass is 9.83. The molecule has 3 aliphatic rings. The molecule has 0 unspecified atom stereocenters. The highest BCUT2D eigenvalue weighted by Crippen LogP contribution is 2.41. The van der Waals surface area contributed by atoms with Crippen LogP contribution in [-0.4, -0.2) is 43.0 Å². The van der Waals surface area contributed by atoms with Gasteiger partial charge in [-0.1, -0.05) is 48.5 Å². The Morgan fingerprint density at radius 3 is 2.23 bits per heavy atom. The summed E-state index contributed by atoms with van der Waals surface area (Å²) in [7, 11) is -3.17. The SMILES string of the molecule is CC(C)C1=C2C[C@H](NS(=O)(=O)C3CC3)CN2C(C(C)(C)C)=N[C@H]1C(C)C. The van der Waals surface area contributed by atoms with Gasteiger partial charge in [0.05, 0.1) is 11.3 Å². The third-order valence-electron chi connectivity index (χ3n) is 5.56. The van der Waals surface area contributed by atoms with Crippen LogP contribution in [0, 0.1) is 17.3 Å². The summed E-state index contributed by atoms with van der Waals surface area (Å²) < 4.78 is 27.9. The fourth-order valence-electron chi connectivity index (χ4n) is 4.24. The van der Waals surface area contributed by atoms with Crippen LogP contribution in [0.25, 0.3) is 0 Å². The topological polar surface area (TPSA) is 61.8 Å². The number of sulfonamides is 1. The Bertz CT molecular complexity index is 725. The summed E-state index contributed by atoms with van der Waals surface area (Å²) in [6.07, 6.45) is 2.38. The van der Waals surface area contributed by atoms with Gasteiger partial charge in [0.25, 0.3) is 0 Å². The lowest BCUT2D eigenvalue weighted by molar-refractivity contribution is 0.400. The van der Waals surface area contributed by atoms with Crippen molar-refractivity contribution >= 4 is 15.9 Å². The molecule has 148 valence electrons. The molecular formula is C20H35N3O2S. The minimum atomic E-state index is -3.17. The first-order chi connectivity index (χ1) is 11.9. The van der Waals surface area contributed by atoms with Crippen LogP contribution >= 0.6 is 0 Å². The molecule has 2 fully saturated rings. The normalized spacial score (nSPS) is 27.4. The highest BCUT2D eigenvalue weighted by Gasteiger charge is 2.44. The maximum absolute atomic E-state index is 12.4. The molecule has 26 heavy (non-hydrogen) atoms. The molecule has 2 aliphatic heterocycles. The second kappa shape index (κ2) is 6.62. The first-order valence-electron chi connectivity index (χ1n) is 10.0. The maximum Gasteiger partial charge on any atom is 0.214 e. The number of hydrogen-bond acceptors (Lipinski definition) is 4. The number of amidine groups is 1. The molecule has 0 spiro atoms. The third kappa shape index (κ3) is 3.72. The average molecular weight is 382 g/mol. The Morgan fingerprint density at radius 1 is 1.15 bits per heavy atom. The van der Waals surface area contributed by atoms with E-state index in [1.807, 2.05) is 0 Å². The Kier molecular flexibility index (Phi) is 5.06. The second-order valence-corrected chi connectivity index (χ2v) is 11.8. The summed E-state index contributed by atoms with van der Waals surface area (Å²) in [5.41, 5.74) is 2.63. The summed E-state index contributed by atoms with van der Waals surface area (Å²) in [6, 6.07) is 0.136. The molecule has 2 heterocycles. The van der Waals surface area contributed by atoms with Gasteiger partial charge >= 0.3 is 0 Å². The van der Waals surface area contributed by atoms with Crippen molar-refractivity contribution in [2.75, 3.05) is 6.54 Å². The van der Waals surface area contributed by atoms with Crippen molar-refractivity contribution in [3.8, 4) is 0 Å². The molecule has 1 aliphatic carbocycles. The molecule has 1 saturated heterocycles. The molecule has 0 aromatic carbocycles. The van der Waals surface area contributed by atoms with Crippen molar-refractivity contribution in [1.29, 1.82) is 0 Å². The van der Waals surface area contributed by atoms with Crippen LogP contribution in [0.2, 0.25) is 0 Å². The van der Waals surface area contributed by atoms with E-state index in [0.29, 0.717) is 18.4 Å². The van der Waals surface area contributed by atoms with Crippen LogP contribution in [0.4, 0.5) is 0 Å². The number of rotatable bonds is 5.